The van der Waals surface area contributed by atoms with Gasteiger partial charge >= 0.3 is 5.97 Å². The van der Waals surface area contributed by atoms with Gasteiger partial charge in [-0.2, -0.15) is 0 Å². The Morgan fingerprint density at radius 2 is 2.00 bits per heavy atom. The summed E-state index contributed by atoms with van der Waals surface area (Å²) in [6.07, 6.45) is 0. The maximum Gasteiger partial charge on any atom is 0.317 e. The van der Waals surface area contributed by atoms with E-state index in [1.165, 1.54) is 16.7 Å². The fraction of sp³-hybridized carbons (Fsp3) is 0.500. The van der Waals surface area contributed by atoms with E-state index < -0.39 is 5.97 Å². The fourth-order valence-electron chi connectivity index (χ4n) is 1.63. The van der Waals surface area contributed by atoms with Crippen molar-refractivity contribution in [3.63, 3.8) is 0 Å². The normalized spacial score (nSPS) is 11.5. The molecule has 1 rings (SSSR count). The molecule has 0 saturated heterocycles. The van der Waals surface area contributed by atoms with Gasteiger partial charge in [0, 0.05) is 6.54 Å². The zero-order valence-electron chi connectivity index (χ0n) is 11.0. The molecule has 0 fully saturated rings. The van der Waals surface area contributed by atoms with Crippen LogP contribution >= 0.6 is 0 Å². The number of carboxylic acids is 1. The third-order valence-corrected chi connectivity index (χ3v) is 2.81. The molecule has 3 heteroatoms. The van der Waals surface area contributed by atoms with Crippen LogP contribution in [0, 0.1) is 6.92 Å². The van der Waals surface area contributed by atoms with Crippen molar-refractivity contribution in [1.82, 2.24) is 5.32 Å². The molecule has 0 amide bonds. The van der Waals surface area contributed by atoms with Crippen molar-refractivity contribution in [3.05, 3.63) is 34.9 Å². The van der Waals surface area contributed by atoms with Crippen molar-refractivity contribution >= 4 is 5.97 Å². The van der Waals surface area contributed by atoms with Crippen LogP contribution in [0.1, 0.15) is 37.5 Å². The predicted molar refractivity (Wildman–Crippen MR) is 69.2 cm³/mol. The molecule has 1 aromatic carbocycles. The van der Waals surface area contributed by atoms with E-state index >= 15 is 0 Å². The molecule has 94 valence electrons. The topological polar surface area (TPSA) is 49.3 Å². The van der Waals surface area contributed by atoms with Crippen LogP contribution in [0.3, 0.4) is 0 Å². The fourth-order valence-corrected chi connectivity index (χ4v) is 1.63. The molecule has 0 aliphatic rings. The van der Waals surface area contributed by atoms with Gasteiger partial charge in [0.05, 0.1) is 6.54 Å². The lowest BCUT2D eigenvalue weighted by Crippen LogP contribution is -2.22. The average molecular weight is 235 g/mol. The van der Waals surface area contributed by atoms with E-state index in [0.717, 1.165) is 0 Å². The minimum atomic E-state index is -0.824. The lowest BCUT2D eigenvalue weighted by molar-refractivity contribution is -0.135. The van der Waals surface area contributed by atoms with Gasteiger partial charge in [-0.25, -0.2) is 0 Å². The van der Waals surface area contributed by atoms with Crippen LogP contribution in [0.4, 0.5) is 0 Å². The van der Waals surface area contributed by atoms with Gasteiger partial charge < -0.3 is 10.4 Å². The quantitative estimate of drug-likeness (QED) is 0.843. The van der Waals surface area contributed by atoms with Crippen molar-refractivity contribution in [2.24, 2.45) is 0 Å². The van der Waals surface area contributed by atoms with Crippen molar-refractivity contribution < 1.29 is 9.90 Å². The minimum absolute atomic E-state index is 0.000808. The lowest BCUT2D eigenvalue weighted by atomic mass is 9.85. The molecule has 0 spiro atoms. The van der Waals surface area contributed by atoms with Gasteiger partial charge in [-0.1, -0.05) is 39.0 Å². The second-order valence-corrected chi connectivity index (χ2v) is 5.39. The van der Waals surface area contributed by atoms with Crippen LogP contribution in [0.15, 0.2) is 18.2 Å². The van der Waals surface area contributed by atoms with E-state index in [4.69, 9.17) is 5.11 Å². The summed E-state index contributed by atoms with van der Waals surface area (Å²) in [6.45, 7) is 9.16. The molecule has 0 atom stereocenters. The summed E-state index contributed by atoms with van der Waals surface area (Å²) in [6, 6.07) is 6.39. The van der Waals surface area contributed by atoms with Crippen molar-refractivity contribution in [3.8, 4) is 0 Å². The van der Waals surface area contributed by atoms with E-state index in [-0.39, 0.29) is 12.0 Å². The zero-order chi connectivity index (χ0) is 13.1. The van der Waals surface area contributed by atoms with Crippen molar-refractivity contribution in [2.45, 2.75) is 39.7 Å². The lowest BCUT2D eigenvalue weighted by Gasteiger charge is -2.21. The Morgan fingerprint density at radius 3 is 2.53 bits per heavy atom. The molecule has 1 aromatic rings. The Morgan fingerprint density at radius 1 is 1.35 bits per heavy atom. The van der Waals surface area contributed by atoms with Crippen LogP contribution in [0.5, 0.6) is 0 Å². The van der Waals surface area contributed by atoms with Gasteiger partial charge in [-0.3, -0.25) is 4.79 Å². The number of benzene rings is 1. The molecule has 3 nitrogen and oxygen atoms in total. The number of carboxylic acid groups (broad SMARTS) is 1. The highest BCUT2D eigenvalue weighted by atomic mass is 16.4. The zero-order valence-corrected chi connectivity index (χ0v) is 11.0. The van der Waals surface area contributed by atoms with Crippen molar-refractivity contribution in [1.29, 1.82) is 0 Å². The van der Waals surface area contributed by atoms with E-state index in [9.17, 15) is 4.79 Å². The number of hydrogen-bond acceptors (Lipinski definition) is 2. The Hall–Kier alpha value is -1.35. The van der Waals surface area contributed by atoms with Crippen LogP contribution in [-0.2, 0) is 16.8 Å². The first-order chi connectivity index (χ1) is 7.80. The number of aliphatic carboxylic acids is 1. The van der Waals surface area contributed by atoms with Gasteiger partial charge in [0.25, 0.3) is 0 Å². The summed E-state index contributed by atoms with van der Waals surface area (Å²) < 4.78 is 0. The second kappa shape index (κ2) is 5.32. The summed E-state index contributed by atoms with van der Waals surface area (Å²) in [5.74, 6) is -0.824. The molecule has 0 radical (unpaired) electrons. The summed E-state index contributed by atoms with van der Waals surface area (Å²) in [5, 5.41) is 11.5. The molecule has 2 N–H and O–H groups in total. The van der Waals surface area contributed by atoms with Gasteiger partial charge in [0.1, 0.15) is 0 Å². The van der Waals surface area contributed by atoms with E-state index in [2.05, 4.69) is 44.3 Å². The van der Waals surface area contributed by atoms with Gasteiger partial charge in [-0.15, -0.1) is 0 Å². The van der Waals surface area contributed by atoms with Crippen LogP contribution in [-0.4, -0.2) is 17.6 Å². The molecule has 0 aromatic heterocycles. The Labute approximate surface area is 103 Å². The SMILES string of the molecule is Cc1ccc(C(C)(C)C)cc1CNCC(=O)O. The maximum absolute atomic E-state index is 10.4. The first-order valence-corrected chi connectivity index (χ1v) is 5.83. The third-order valence-electron chi connectivity index (χ3n) is 2.81. The largest absolute Gasteiger partial charge is 0.480 e. The third kappa shape index (κ3) is 4.19. The Bertz CT molecular complexity index is 405. The molecule has 0 bridgehead atoms. The molecular formula is C14H21NO2. The molecule has 0 heterocycles. The molecular weight excluding hydrogens is 214 g/mol. The van der Waals surface area contributed by atoms with Crippen LogP contribution in [0.25, 0.3) is 0 Å². The smallest absolute Gasteiger partial charge is 0.317 e. The molecule has 17 heavy (non-hydrogen) atoms. The predicted octanol–water partition coefficient (Wildman–Crippen LogP) is 2.47. The number of aryl methyl sites for hydroxylation is 1. The number of carbonyl (C=O) groups is 1. The van der Waals surface area contributed by atoms with E-state index in [1.807, 2.05) is 6.92 Å². The monoisotopic (exact) mass is 235 g/mol. The minimum Gasteiger partial charge on any atom is -0.480 e. The van der Waals surface area contributed by atoms with E-state index in [1.54, 1.807) is 0 Å². The first kappa shape index (κ1) is 13.7. The van der Waals surface area contributed by atoms with Gasteiger partial charge in [0.15, 0.2) is 0 Å². The molecule has 0 aliphatic carbocycles. The highest BCUT2D eigenvalue weighted by Gasteiger charge is 2.14. The van der Waals surface area contributed by atoms with Gasteiger partial charge in [0.2, 0.25) is 0 Å². The summed E-state index contributed by atoms with van der Waals surface area (Å²) in [4.78, 5) is 10.4. The number of rotatable bonds is 4. The summed E-state index contributed by atoms with van der Waals surface area (Å²) >= 11 is 0. The molecule has 0 unspecified atom stereocenters. The maximum atomic E-state index is 10.4. The standard InChI is InChI=1S/C14H21NO2/c1-10-5-6-12(14(2,3)4)7-11(10)8-15-9-13(16)17/h5-7,15H,8-9H2,1-4H3,(H,16,17). The van der Waals surface area contributed by atoms with Crippen LogP contribution < -0.4 is 5.32 Å². The molecule has 0 saturated carbocycles. The second-order valence-electron chi connectivity index (χ2n) is 5.39. The highest BCUT2D eigenvalue weighted by molar-refractivity contribution is 5.69. The Balaban J connectivity index is 2.80. The summed E-state index contributed by atoms with van der Waals surface area (Å²) in [7, 11) is 0. The van der Waals surface area contributed by atoms with Crippen molar-refractivity contribution in [2.75, 3.05) is 6.54 Å². The van der Waals surface area contributed by atoms with Gasteiger partial charge in [-0.05, 0) is 29.0 Å². The molecule has 0 aliphatic heterocycles. The van der Waals surface area contributed by atoms with Crippen LogP contribution in [0.2, 0.25) is 0 Å². The summed E-state index contributed by atoms with van der Waals surface area (Å²) in [5.41, 5.74) is 3.75. The number of nitrogens with one attached hydrogen (secondary N) is 1. The van der Waals surface area contributed by atoms with E-state index in [0.29, 0.717) is 6.54 Å². The Kier molecular flexibility index (Phi) is 4.29. The highest BCUT2D eigenvalue weighted by Crippen LogP contribution is 2.24. The number of hydrogen-bond donors (Lipinski definition) is 2. The first-order valence-electron chi connectivity index (χ1n) is 5.83. The average Bonchev–Trinajstić information content (AvgIpc) is 2.18.